The lowest BCUT2D eigenvalue weighted by Gasteiger charge is -2.08. The fourth-order valence-electron chi connectivity index (χ4n) is 1.43. The maximum atomic E-state index is 13.6. The average molecular weight is 395 g/mol. The topological polar surface area (TPSA) is 85.4 Å². The summed E-state index contributed by atoms with van der Waals surface area (Å²) < 4.78 is 44.8. The number of ether oxygens (including phenoxy) is 1. The van der Waals surface area contributed by atoms with E-state index in [-0.39, 0.29) is 15.6 Å². The third kappa shape index (κ3) is 3.39. The summed E-state index contributed by atoms with van der Waals surface area (Å²) in [5, 5.41) is 0. The van der Waals surface area contributed by atoms with Gasteiger partial charge in [0.05, 0.1) is 18.3 Å². The predicted molar refractivity (Wildman–Crippen MR) is 78.4 cm³/mol. The first-order chi connectivity index (χ1) is 9.85. The van der Waals surface area contributed by atoms with E-state index in [1.165, 1.54) is 17.6 Å². The van der Waals surface area contributed by atoms with Gasteiger partial charge in [-0.05, 0) is 18.2 Å². The van der Waals surface area contributed by atoms with Crippen molar-refractivity contribution in [1.82, 2.24) is 4.98 Å². The second kappa shape index (κ2) is 6.08. The molecule has 1 aromatic heterocycles. The van der Waals surface area contributed by atoms with Gasteiger partial charge in [0.25, 0.3) is 10.0 Å². The maximum absolute atomic E-state index is 13.6. The molecular weight excluding hydrogens is 387 g/mol. The standard InChI is InChI=1S/C11H8BrFN2O4S2/c1-19-10(16)9-11(20-5-14-9)21(17,18)15-8-4-6(12)2-3-7(8)13/h2-5,15H,1H3. The molecule has 0 amide bonds. The quantitative estimate of drug-likeness (QED) is 0.805. The fourth-order valence-corrected chi connectivity index (χ4v) is 3.98. The number of nitrogens with one attached hydrogen (secondary N) is 1. The molecular formula is C11H8BrFN2O4S2. The van der Waals surface area contributed by atoms with Crippen LogP contribution in [0.3, 0.4) is 0 Å². The third-order valence-electron chi connectivity index (χ3n) is 2.33. The van der Waals surface area contributed by atoms with Gasteiger partial charge in [-0.25, -0.2) is 22.6 Å². The summed E-state index contributed by atoms with van der Waals surface area (Å²) >= 11 is 3.85. The molecule has 0 aliphatic rings. The van der Waals surface area contributed by atoms with Crippen molar-refractivity contribution >= 4 is 48.9 Å². The van der Waals surface area contributed by atoms with Gasteiger partial charge in [-0.1, -0.05) is 15.9 Å². The largest absolute Gasteiger partial charge is 0.464 e. The molecule has 2 rings (SSSR count). The van der Waals surface area contributed by atoms with E-state index in [2.05, 4.69) is 30.4 Å². The van der Waals surface area contributed by atoms with Gasteiger partial charge in [0.2, 0.25) is 0 Å². The number of thiazole rings is 1. The number of esters is 1. The van der Waals surface area contributed by atoms with Gasteiger partial charge < -0.3 is 4.74 Å². The van der Waals surface area contributed by atoms with Crippen molar-refractivity contribution in [2.75, 3.05) is 11.8 Å². The molecule has 0 saturated heterocycles. The molecule has 0 radical (unpaired) electrons. The Kier molecular flexibility index (Phi) is 4.59. The number of sulfonamides is 1. The number of benzene rings is 1. The minimum atomic E-state index is -4.15. The number of hydrogen-bond acceptors (Lipinski definition) is 6. The molecule has 112 valence electrons. The SMILES string of the molecule is COC(=O)c1ncsc1S(=O)(=O)Nc1cc(Br)ccc1F. The van der Waals surface area contributed by atoms with E-state index in [0.717, 1.165) is 24.5 Å². The summed E-state index contributed by atoms with van der Waals surface area (Å²) in [7, 11) is -3.04. The van der Waals surface area contributed by atoms with Crippen molar-refractivity contribution in [2.45, 2.75) is 4.21 Å². The van der Waals surface area contributed by atoms with Crippen molar-refractivity contribution in [3.05, 3.63) is 39.7 Å². The highest BCUT2D eigenvalue weighted by Crippen LogP contribution is 2.26. The summed E-state index contributed by atoms with van der Waals surface area (Å²) in [5.74, 6) is -1.63. The number of hydrogen-bond donors (Lipinski definition) is 1. The van der Waals surface area contributed by atoms with Crippen LogP contribution in [0, 0.1) is 5.82 Å². The van der Waals surface area contributed by atoms with E-state index in [4.69, 9.17) is 0 Å². The van der Waals surface area contributed by atoms with Crippen LogP contribution in [0.5, 0.6) is 0 Å². The highest BCUT2D eigenvalue weighted by molar-refractivity contribution is 9.10. The number of methoxy groups -OCH3 is 1. The average Bonchev–Trinajstić information content (AvgIpc) is 2.92. The number of carbonyl (C=O) groups is 1. The van der Waals surface area contributed by atoms with Gasteiger partial charge in [0.15, 0.2) is 9.90 Å². The van der Waals surface area contributed by atoms with Gasteiger partial charge in [-0.3, -0.25) is 4.72 Å². The Morgan fingerprint density at radius 3 is 2.86 bits per heavy atom. The summed E-state index contributed by atoms with van der Waals surface area (Å²) in [4.78, 5) is 15.1. The molecule has 10 heteroatoms. The van der Waals surface area contributed by atoms with Crippen LogP contribution in [0.2, 0.25) is 0 Å². The van der Waals surface area contributed by atoms with Crippen molar-refractivity contribution in [2.24, 2.45) is 0 Å². The molecule has 1 N–H and O–H groups in total. The van der Waals surface area contributed by atoms with E-state index >= 15 is 0 Å². The van der Waals surface area contributed by atoms with Gasteiger partial charge >= 0.3 is 5.97 Å². The van der Waals surface area contributed by atoms with Crippen LogP contribution in [0.4, 0.5) is 10.1 Å². The van der Waals surface area contributed by atoms with Crippen molar-refractivity contribution < 1.29 is 22.3 Å². The number of carbonyl (C=O) groups excluding carboxylic acids is 1. The van der Waals surface area contributed by atoms with Crippen molar-refractivity contribution in [1.29, 1.82) is 0 Å². The van der Waals surface area contributed by atoms with Crippen LogP contribution in [-0.4, -0.2) is 26.5 Å². The van der Waals surface area contributed by atoms with Crippen LogP contribution >= 0.6 is 27.3 Å². The first kappa shape index (κ1) is 15.9. The Balaban J connectivity index is 2.42. The molecule has 2 aromatic rings. The Bertz CT molecular complexity index is 791. The van der Waals surface area contributed by atoms with E-state index in [0.29, 0.717) is 4.47 Å². The Labute approximate surface area is 132 Å². The Hall–Kier alpha value is -1.52. The Morgan fingerprint density at radius 1 is 1.48 bits per heavy atom. The molecule has 0 atom stereocenters. The molecule has 0 unspecified atom stereocenters. The number of nitrogens with zero attached hydrogens (tertiary/aromatic N) is 1. The van der Waals surface area contributed by atoms with Crippen LogP contribution < -0.4 is 4.72 Å². The zero-order valence-electron chi connectivity index (χ0n) is 10.5. The highest BCUT2D eigenvalue weighted by Gasteiger charge is 2.27. The minimum absolute atomic E-state index is 0.242. The summed E-state index contributed by atoms with van der Waals surface area (Å²) in [6.45, 7) is 0. The lowest BCUT2D eigenvalue weighted by molar-refractivity contribution is 0.0590. The van der Waals surface area contributed by atoms with Gasteiger partial charge in [-0.15, -0.1) is 11.3 Å². The molecule has 0 saturated carbocycles. The van der Waals surface area contributed by atoms with E-state index in [9.17, 15) is 17.6 Å². The van der Waals surface area contributed by atoms with Gasteiger partial charge in [0, 0.05) is 4.47 Å². The molecule has 1 aromatic carbocycles. The van der Waals surface area contributed by atoms with Gasteiger partial charge in [-0.2, -0.15) is 0 Å². The first-order valence-electron chi connectivity index (χ1n) is 5.35. The minimum Gasteiger partial charge on any atom is -0.464 e. The molecule has 6 nitrogen and oxygen atoms in total. The molecule has 0 aliphatic heterocycles. The molecule has 0 fully saturated rings. The first-order valence-corrected chi connectivity index (χ1v) is 8.50. The highest BCUT2D eigenvalue weighted by atomic mass is 79.9. The second-order valence-electron chi connectivity index (χ2n) is 3.71. The normalized spacial score (nSPS) is 11.2. The number of rotatable bonds is 4. The van der Waals surface area contributed by atoms with E-state index < -0.39 is 21.8 Å². The molecule has 0 bridgehead atoms. The molecule has 21 heavy (non-hydrogen) atoms. The monoisotopic (exact) mass is 394 g/mol. The summed E-state index contributed by atoms with van der Waals surface area (Å²) in [5.41, 5.74) is 0.608. The van der Waals surface area contributed by atoms with Crippen LogP contribution in [0.15, 0.2) is 32.4 Å². The van der Waals surface area contributed by atoms with E-state index in [1.807, 2.05) is 0 Å². The van der Waals surface area contributed by atoms with Crippen molar-refractivity contribution in [3.8, 4) is 0 Å². The number of anilines is 1. The second-order valence-corrected chi connectivity index (χ2v) is 7.36. The molecule has 0 spiro atoms. The summed E-state index contributed by atoms with van der Waals surface area (Å²) in [6, 6.07) is 3.81. The van der Waals surface area contributed by atoms with Gasteiger partial charge in [0.1, 0.15) is 5.82 Å². The Morgan fingerprint density at radius 2 is 2.19 bits per heavy atom. The number of aromatic nitrogens is 1. The lowest BCUT2D eigenvalue weighted by Crippen LogP contribution is -2.16. The summed E-state index contributed by atoms with van der Waals surface area (Å²) in [6.07, 6.45) is 0. The van der Waals surface area contributed by atoms with Crippen LogP contribution in [0.1, 0.15) is 10.5 Å². The zero-order valence-corrected chi connectivity index (χ0v) is 13.7. The predicted octanol–water partition coefficient (Wildman–Crippen LogP) is 2.63. The van der Waals surface area contributed by atoms with Crippen LogP contribution in [-0.2, 0) is 14.8 Å². The zero-order chi connectivity index (χ0) is 15.6. The van der Waals surface area contributed by atoms with E-state index in [1.54, 1.807) is 0 Å². The smallest absolute Gasteiger partial charge is 0.358 e. The third-order valence-corrected chi connectivity index (χ3v) is 5.56. The fraction of sp³-hybridized carbons (Fsp3) is 0.0909. The molecule has 1 heterocycles. The lowest BCUT2D eigenvalue weighted by atomic mass is 10.3. The molecule has 0 aliphatic carbocycles. The maximum Gasteiger partial charge on any atom is 0.358 e. The van der Waals surface area contributed by atoms with Crippen LogP contribution in [0.25, 0.3) is 0 Å². The number of halogens is 2. The van der Waals surface area contributed by atoms with Crippen molar-refractivity contribution in [3.63, 3.8) is 0 Å².